The standard InChI is InChI=1S/C21H22N6O2S/c1-21(2,3)18(28)13-10-23-19-17(13)26-15(11-24-19)25-16-8-7-12(30-16)9-14(22-4)20(29)27(5)6/h7-11H,1-3,5-6H3,(H,23,24)(H,25,26)/b14-9+. The van der Waals surface area contributed by atoms with Crippen LogP contribution in [-0.2, 0) is 4.79 Å². The van der Waals surface area contributed by atoms with Crippen molar-refractivity contribution in [2.75, 3.05) is 19.4 Å². The number of aromatic amines is 1. The third-order valence-corrected chi connectivity index (χ3v) is 5.16. The van der Waals surface area contributed by atoms with Gasteiger partial charge in [0.25, 0.3) is 11.6 Å². The van der Waals surface area contributed by atoms with Crippen molar-refractivity contribution >= 4 is 51.1 Å². The van der Waals surface area contributed by atoms with Crippen LogP contribution in [0.3, 0.4) is 0 Å². The minimum Gasteiger partial charge on any atom is -0.354 e. The molecule has 0 spiro atoms. The maximum atomic E-state index is 12.7. The molecule has 3 aromatic heterocycles. The molecule has 30 heavy (non-hydrogen) atoms. The largest absolute Gasteiger partial charge is 0.354 e. The first-order valence-corrected chi connectivity index (χ1v) is 9.98. The number of carbonyl (C=O) groups is 2. The third-order valence-electron chi connectivity index (χ3n) is 4.21. The molecule has 0 saturated carbocycles. The number of carbonyl (C=O) groups excluding carboxylic acids is 2. The normalized spacial score (nSPS) is 11.9. The average molecular weight is 423 g/mol. The predicted molar refractivity (Wildman–Crippen MR) is 119 cm³/mol. The number of nitrogens with zero attached hydrogens (tertiary/aromatic N) is 4. The smallest absolute Gasteiger partial charge is 0.252 e. The maximum absolute atomic E-state index is 12.7. The maximum Gasteiger partial charge on any atom is 0.252 e. The van der Waals surface area contributed by atoms with Gasteiger partial charge in [-0.3, -0.25) is 9.59 Å². The van der Waals surface area contributed by atoms with Crippen LogP contribution in [0.2, 0.25) is 0 Å². The number of Topliss-reactive ketones (excluding diaryl/α,β-unsaturated/α-hetero) is 1. The van der Waals surface area contributed by atoms with Crippen molar-refractivity contribution in [3.63, 3.8) is 0 Å². The summed E-state index contributed by atoms with van der Waals surface area (Å²) in [7, 11) is 3.22. The minimum absolute atomic E-state index is 0.0130. The molecule has 0 aliphatic heterocycles. The fourth-order valence-electron chi connectivity index (χ4n) is 2.66. The topological polar surface area (TPSA) is 95.3 Å². The Morgan fingerprint density at radius 2 is 2.03 bits per heavy atom. The molecule has 0 aromatic carbocycles. The van der Waals surface area contributed by atoms with Gasteiger partial charge in [-0.2, -0.15) is 0 Å². The SMILES string of the molecule is [C-]#[N+]/C(=C/c1ccc(Nc2cnc3[nH]cc(C(=O)C(C)(C)C)c3n2)s1)C(=O)N(C)C. The van der Waals surface area contributed by atoms with E-state index in [1.807, 2.05) is 32.9 Å². The van der Waals surface area contributed by atoms with Crippen LogP contribution >= 0.6 is 11.3 Å². The van der Waals surface area contributed by atoms with Crippen molar-refractivity contribution in [2.45, 2.75) is 20.8 Å². The minimum atomic E-state index is -0.528. The van der Waals surface area contributed by atoms with E-state index in [1.54, 1.807) is 32.6 Å². The molecule has 1 amide bonds. The lowest BCUT2D eigenvalue weighted by atomic mass is 9.87. The first-order chi connectivity index (χ1) is 14.1. The first-order valence-electron chi connectivity index (χ1n) is 9.16. The number of H-pyrrole nitrogens is 1. The summed E-state index contributed by atoms with van der Waals surface area (Å²) in [5.41, 5.74) is 1.09. The Balaban J connectivity index is 1.87. The van der Waals surface area contributed by atoms with Crippen LogP contribution in [0.15, 0.2) is 30.2 Å². The molecule has 8 nitrogen and oxygen atoms in total. The number of hydrogen-bond acceptors (Lipinski definition) is 6. The Morgan fingerprint density at radius 3 is 2.67 bits per heavy atom. The summed E-state index contributed by atoms with van der Waals surface area (Å²) < 4.78 is 0. The highest BCUT2D eigenvalue weighted by atomic mass is 32.1. The van der Waals surface area contributed by atoms with Crippen LogP contribution in [-0.4, -0.2) is 45.6 Å². The molecule has 0 saturated heterocycles. The number of thiophene rings is 1. The zero-order valence-electron chi connectivity index (χ0n) is 17.4. The van der Waals surface area contributed by atoms with Gasteiger partial charge < -0.3 is 15.2 Å². The van der Waals surface area contributed by atoms with Crippen LogP contribution in [0.4, 0.5) is 10.8 Å². The van der Waals surface area contributed by atoms with Gasteiger partial charge >= 0.3 is 0 Å². The molecule has 2 N–H and O–H groups in total. The molecule has 0 atom stereocenters. The van der Waals surface area contributed by atoms with Crippen LogP contribution in [0.1, 0.15) is 36.0 Å². The molecule has 3 heterocycles. The van der Waals surface area contributed by atoms with E-state index in [4.69, 9.17) is 6.57 Å². The number of rotatable bonds is 5. The molecule has 9 heteroatoms. The van der Waals surface area contributed by atoms with Crippen molar-refractivity contribution in [2.24, 2.45) is 5.41 Å². The van der Waals surface area contributed by atoms with E-state index in [0.717, 1.165) is 9.88 Å². The van der Waals surface area contributed by atoms with Crippen molar-refractivity contribution in [3.05, 3.63) is 52.1 Å². The number of amides is 1. The number of hydrogen-bond donors (Lipinski definition) is 2. The van der Waals surface area contributed by atoms with Crippen LogP contribution in [0.25, 0.3) is 22.1 Å². The molecule has 0 bridgehead atoms. The van der Waals surface area contributed by atoms with Gasteiger partial charge in [0.15, 0.2) is 11.4 Å². The molecule has 3 rings (SSSR count). The highest BCUT2D eigenvalue weighted by molar-refractivity contribution is 7.17. The van der Waals surface area contributed by atoms with Crippen LogP contribution < -0.4 is 5.32 Å². The molecule has 0 aliphatic carbocycles. The van der Waals surface area contributed by atoms with Gasteiger partial charge in [0.2, 0.25) is 0 Å². The van der Waals surface area contributed by atoms with Gasteiger partial charge in [0.1, 0.15) is 11.3 Å². The van der Waals surface area contributed by atoms with Crippen molar-refractivity contribution in [3.8, 4) is 0 Å². The quantitative estimate of drug-likeness (QED) is 0.362. The van der Waals surface area contributed by atoms with Gasteiger partial charge in [0, 0.05) is 30.6 Å². The zero-order chi connectivity index (χ0) is 22.1. The molecule has 0 aliphatic rings. The number of anilines is 2. The highest BCUT2D eigenvalue weighted by Gasteiger charge is 2.26. The monoisotopic (exact) mass is 422 g/mol. The van der Waals surface area contributed by atoms with E-state index in [-0.39, 0.29) is 17.4 Å². The predicted octanol–water partition coefficient (Wildman–Crippen LogP) is 4.34. The Labute approximate surface area is 178 Å². The summed E-state index contributed by atoms with van der Waals surface area (Å²) in [4.78, 5) is 42.0. The highest BCUT2D eigenvalue weighted by Crippen LogP contribution is 2.29. The second-order valence-corrected chi connectivity index (χ2v) is 9.02. The van der Waals surface area contributed by atoms with E-state index in [2.05, 4.69) is 25.1 Å². The molecule has 3 aromatic rings. The second kappa shape index (κ2) is 8.08. The third kappa shape index (κ3) is 4.39. The van der Waals surface area contributed by atoms with E-state index < -0.39 is 5.41 Å². The summed E-state index contributed by atoms with van der Waals surface area (Å²) in [6.45, 7) is 12.8. The number of fused-ring (bicyclic) bond motifs is 1. The van der Waals surface area contributed by atoms with Gasteiger partial charge in [0.05, 0.1) is 23.3 Å². The number of likely N-dealkylation sites (N-methyl/N-ethyl adjacent to an activating group) is 1. The zero-order valence-corrected chi connectivity index (χ0v) is 18.2. The molecule has 0 unspecified atom stereocenters. The van der Waals surface area contributed by atoms with Gasteiger partial charge in [-0.25, -0.2) is 14.8 Å². The van der Waals surface area contributed by atoms with Crippen LogP contribution in [0.5, 0.6) is 0 Å². The summed E-state index contributed by atoms with van der Waals surface area (Å²) in [6, 6.07) is 3.65. The lowest BCUT2D eigenvalue weighted by Crippen LogP contribution is -2.22. The van der Waals surface area contributed by atoms with E-state index in [0.29, 0.717) is 22.5 Å². The average Bonchev–Trinajstić information content (AvgIpc) is 3.30. The fourth-order valence-corrected chi connectivity index (χ4v) is 3.51. The first kappa shape index (κ1) is 21.2. The second-order valence-electron chi connectivity index (χ2n) is 7.90. The van der Waals surface area contributed by atoms with Crippen molar-refractivity contribution < 1.29 is 9.59 Å². The molecule has 0 radical (unpaired) electrons. The fraction of sp³-hybridized carbons (Fsp3) is 0.286. The lowest BCUT2D eigenvalue weighted by Gasteiger charge is -2.15. The summed E-state index contributed by atoms with van der Waals surface area (Å²) >= 11 is 1.38. The van der Waals surface area contributed by atoms with Gasteiger partial charge in [-0.1, -0.05) is 20.8 Å². The van der Waals surface area contributed by atoms with Crippen molar-refractivity contribution in [1.82, 2.24) is 19.9 Å². The van der Waals surface area contributed by atoms with Crippen molar-refractivity contribution in [1.29, 1.82) is 0 Å². The van der Waals surface area contributed by atoms with E-state index in [9.17, 15) is 9.59 Å². The Hall–Kier alpha value is -3.51. The van der Waals surface area contributed by atoms with Gasteiger partial charge in [-0.05, 0) is 18.2 Å². The molecular formula is C21H22N6O2S. The Kier molecular flexibility index (Phi) is 5.71. The lowest BCUT2D eigenvalue weighted by molar-refractivity contribution is -0.124. The summed E-state index contributed by atoms with van der Waals surface area (Å²) in [5, 5.41) is 3.95. The van der Waals surface area contributed by atoms with E-state index >= 15 is 0 Å². The molecule has 0 fully saturated rings. The molecular weight excluding hydrogens is 400 g/mol. The Bertz CT molecular complexity index is 1190. The Morgan fingerprint density at radius 1 is 1.30 bits per heavy atom. The number of nitrogens with one attached hydrogen (secondary N) is 2. The number of aromatic nitrogens is 3. The van der Waals surface area contributed by atoms with E-state index in [1.165, 1.54) is 16.2 Å². The van der Waals surface area contributed by atoms with Gasteiger partial charge in [-0.15, -0.1) is 11.3 Å². The summed E-state index contributed by atoms with van der Waals surface area (Å²) in [6.07, 6.45) is 4.79. The molecule has 154 valence electrons. The summed E-state index contributed by atoms with van der Waals surface area (Å²) in [5.74, 6) is 0.144. The number of ketones is 1. The van der Waals surface area contributed by atoms with Crippen LogP contribution in [0, 0.1) is 12.0 Å².